The zero-order valence-electron chi connectivity index (χ0n) is 22.5. The summed E-state index contributed by atoms with van der Waals surface area (Å²) in [5, 5.41) is 11.9. The highest BCUT2D eigenvalue weighted by atomic mass is 32.1. The Morgan fingerprint density at radius 2 is 1.59 bits per heavy atom. The Morgan fingerprint density at radius 3 is 2.23 bits per heavy atom. The molecular formula is C32H31N3O3S. The molecule has 1 amide bonds. The monoisotopic (exact) mass is 537 g/mol. The van der Waals surface area contributed by atoms with Gasteiger partial charge in [-0.15, -0.1) is 11.3 Å². The van der Waals surface area contributed by atoms with Gasteiger partial charge in [0.2, 0.25) is 5.78 Å². The van der Waals surface area contributed by atoms with Crippen molar-refractivity contribution in [2.75, 3.05) is 22.9 Å². The van der Waals surface area contributed by atoms with Gasteiger partial charge in [-0.05, 0) is 63.1 Å². The number of ketones is 1. The van der Waals surface area contributed by atoms with Crippen molar-refractivity contribution in [2.45, 2.75) is 33.7 Å². The molecule has 0 saturated heterocycles. The molecule has 1 aliphatic heterocycles. The molecule has 3 aromatic carbocycles. The number of aliphatic hydroxyl groups excluding tert-OH is 1. The number of thiazole rings is 1. The Labute approximate surface area is 232 Å². The average Bonchev–Trinajstić information content (AvgIpc) is 3.47. The number of carbonyl (C=O) groups excluding carboxylic acids is 2. The highest BCUT2D eigenvalue weighted by Crippen LogP contribution is 2.44. The summed E-state index contributed by atoms with van der Waals surface area (Å²) >= 11 is 1.28. The molecule has 0 fully saturated rings. The summed E-state index contributed by atoms with van der Waals surface area (Å²) in [6, 6.07) is 24.3. The SMILES string of the molecule is CCN(CC)c1ccc(N2C(=O)C(O)=C(C(=O)c3sc(-c4ccccc4)nc3C)C2c2ccccc2C)cc1. The maximum atomic E-state index is 14.1. The highest BCUT2D eigenvalue weighted by Gasteiger charge is 2.45. The maximum absolute atomic E-state index is 14.1. The van der Waals surface area contributed by atoms with E-state index in [0.717, 1.165) is 40.5 Å². The van der Waals surface area contributed by atoms with Crippen LogP contribution < -0.4 is 9.80 Å². The van der Waals surface area contributed by atoms with E-state index >= 15 is 0 Å². The molecule has 2 heterocycles. The van der Waals surface area contributed by atoms with Crippen molar-refractivity contribution in [3.05, 3.63) is 112 Å². The van der Waals surface area contributed by atoms with Crippen LogP contribution >= 0.6 is 11.3 Å². The molecular weight excluding hydrogens is 506 g/mol. The van der Waals surface area contributed by atoms with Crippen LogP contribution in [0.5, 0.6) is 0 Å². The number of hydrogen-bond acceptors (Lipinski definition) is 6. The van der Waals surface area contributed by atoms with Crippen LogP contribution in [-0.2, 0) is 4.79 Å². The Kier molecular flexibility index (Phi) is 7.35. The van der Waals surface area contributed by atoms with Crippen LogP contribution in [-0.4, -0.2) is 34.9 Å². The molecule has 198 valence electrons. The van der Waals surface area contributed by atoms with Crippen molar-refractivity contribution < 1.29 is 14.7 Å². The minimum atomic E-state index is -0.771. The first-order chi connectivity index (χ1) is 18.8. The van der Waals surface area contributed by atoms with Crippen LogP contribution in [0, 0.1) is 13.8 Å². The molecule has 1 N–H and O–H groups in total. The normalized spacial score (nSPS) is 15.2. The molecule has 1 unspecified atom stereocenters. The van der Waals surface area contributed by atoms with E-state index in [4.69, 9.17) is 0 Å². The van der Waals surface area contributed by atoms with Crippen LogP contribution in [0.25, 0.3) is 10.6 Å². The Morgan fingerprint density at radius 1 is 0.949 bits per heavy atom. The standard InChI is InChI=1S/C32H31N3O3S/c1-5-34(6-2)23-16-18-24(19-17-23)35-27(25-15-11-10-12-20(25)3)26(29(37)32(35)38)28(36)30-21(4)33-31(39-30)22-13-8-7-9-14-22/h7-19,27,37H,5-6H2,1-4H3. The van der Waals surface area contributed by atoms with Crippen LogP contribution in [0.4, 0.5) is 11.4 Å². The fourth-order valence-electron chi connectivity index (χ4n) is 5.14. The first kappa shape index (κ1) is 26.4. The number of carbonyl (C=O) groups is 2. The molecule has 4 aromatic rings. The average molecular weight is 538 g/mol. The van der Waals surface area contributed by atoms with Gasteiger partial charge in [0.15, 0.2) is 5.76 Å². The summed E-state index contributed by atoms with van der Waals surface area (Å²) in [7, 11) is 0. The first-order valence-electron chi connectivity index (χ1n) is 13.1. The lowest BCUT2D eigenvalue weighted by Crippen LogP contribution is -2.31. The summed E-state index contributed by atoms with van der Waals surface area (Å²) in [6.45, 7) is 9.66. The molecule has 0 radical (unpaired) electrons. The number of aromatic nitrogens is 1. The molecule has 1 aromatic heterocycles. The number of nitrogens with zero attached hydrogens (tertiary/aromatic N) is 3. The Balaban J connectivity index is 1.60. The number of hydrogen-bond donors (Lipinski definition) is 1. The minimum Gasteiger partial charge on any atom is -0.503 e. The molecule has 0 spiro atoms. The second-order valence-corrected chi connectivity index (χ2v) is 10.5. The van der Waals surface area contributed by atoms with Crippen molar-refractivity contribution in [2.24, 2.45) is 0 Å². The second-order valence-electron chi connectivity index (χ2n) is 9.51. The molecule has 6 nitrogen and oxygen atoms in total. The van der Waals surface area contributed by atoms with Crippen molar-refractivity contribution >= 4 is 34.4 Å². The van der Waals surface area contributed by atoms with E-state index in [1.54, 1.807) is 6.92 Å². The predicted molar refractivity (Wildman–Crippen MR) is 158 cm³/mol. The lowest BCUT2D eigenvalue weighted by atomic mass is 9.92. The lowest BCUT2D eigenvalue weighted by molar-refractivity contribution is -0.117. The molecule has 0 saturated carbocycles. The molecule has 5 rings (SSSR count). The van der Waals surface area contributed by atoms with Gasteiger partial charge in [0, 0.05) is 30.0 Å². The highest BCUT2D eigenvalue weighted by molar-refractivity contribution is 7.17. The van der Waals surface area contributed by atoms with E-state index in [0.29, 0.717) is 16.3 Å². The van der Waals surface area contributed by atoms with E-state index in [9.17, 15) is 14.7 Å². The van der Waals surface area contributed by atoms with Gasteiger partial charge in [-0.1, -0.05) is 54.6 Å². The number of aryl methyl sites for hydroxylation is 2. The van der Waals surface area contributed by atoms with Gasteiger partial charge < -0.3 is 10.0 Å². The van der Waals surface area contributed by atoms with Crippen molar-refractivity contribution in [1.82, 2.24) is 4.98 Å². The topological polar surface area (TPSA) is 73.7 Å². The summed E-state index contributed by atoms with van der Waals surface area (Å²) in [4.78, 5) is 36.6. The fraction of sp³-hybridized carbons (Fsp3) is 0.219. The summed E-state index contributed by atoms with van der Waals surface area (Å²) < 4.78 is 0. The number of rotatable bonds is 8. The van der Waals surface area contributed by atoms with Gasteiger partial charge in [-0.2, -0.15) is 0 Å². The van der Waals surface area contributed by atoms with Gasteiger partial charge in [0.25, 0.3) is 5.91 Å². The van der Waals surface area contributed by atoms with Gasteiger partial charge in [0.1, 0.15) is 5.01 Å². The third-order valence-corrected chi connectivity index (χ3v) is 8.42. The zero-order chi connectivity index (χ0) is 27.7. The third-order valence-electron chi connectivity index (χ3n) is 7.22. The zero-order valence-corrected chi connectivity index (χ0v) is 23.3. The number of anilines is 2. The van der Waals surface area contributed by atoms with Gasteiger partial charge in [0.05, 0.1) is 22.2 Å². The second kappa shape index (κ2) is 10.9. The quantitative estimate of drug-likeness (QED) is 0.244. The Bertz CT molecular complexity index is 1550. The van der Waals surface area contributed by atoms with E-state index < -0.39 is 17.7 Å². The van der Waals surface area contributed by atoms with Crippen molar-refractivity contribution in [3.8, 4) is 10.6 Å². The molecule has 0 aliphatic carbocycles. The first-order valence-corrected chi connectivity index (χ1v) is 13.9. The van der Waals surface area contributed by atoms with Crippen LogP contribution in [0.3, 0.4) is 0 Å². The van der Waals surface area contributed by atoms with Crippen LogP contribution in [0.15, 0.2) is 90.2 Å². The van der Waals surface area contributed by atoms with E-state index in [-0.39, 0.29) is 11.4 Å². The van der Waals surface area contributed by atoms with Crippen LogP contribution in [0.2, 0.25) is 0 Å². The molecule has 0 bridgehead atoms. The number of aliphatic hydroxyl groups is 1. The van der Waals surface area contributed by atoms with Gasteiger partial charge in [-0.25, -0.2) is 4.98 Å². The number of Topliss-reactive ketones (excluding diaryl/α,β-unsaturated/α-hetero) is 1. The molecule has 1 atom stereocenters. The molecule has 1 aliphatic rings. The largest absolute Gasteiger partial charge is 0.503 e. The summed E-state index contributed by atoms with van der Waals surface area (Å²) in [6.07, 6.45) is 0. The van der Waals surface area contributed by atoms with E-state index in [1.165, 1.54) is 16.2 Å². The summed E-state index contributed by atoms with van der Waals surface area (Å²) in [5.41, 5.74) is 4.93. The summed E-state index contributed by atoms with van der Waals surface area (Å²) in [5.74, 6) is -1.49. The smallest absolute Gasteiger partial charge is 0.294 e. The van der Waals surface area contributed by atoms with Gasteiger partial charge >= 0.3 is 0 Å². The fourth-order valence-corrected chi connectivity index (χ4v) is 6.16. The van der Waals surface area contributed by atoms with E-state index in [2.05, 4.69) is 23.7 Å². The number of benzene rings is 3. The van der Waals surface area contributed by atoms with Crippen LogP contribution in [0.1, 0.15) is 46.4 Å². The van der Waals surface area contributed by atoms with Crippen molar-refractivity contribution in [1.29, 1.82) is 0 Å². The predicted octanol–water partition coefficient (Wildman–Crippen LogP) is 7.06. The maximum Gasteiger partial charge on any atom is 0.294 e. The van der Waals surface area contributed by atoms with Crippen molar-refractivity contribution in [3.63, 3.8) is 0 Å². The third kappa shape index (κ3) is 4.74. The molecule has 7 heteroatoms. The minimum absolute atomic E-state index is 0.0773. The number of amides is 1. The van der Waals surface area contributed by atoms with E-state index in [1.807, 2.05) is 85.8 Å². The van der Waals surface area contributed by atoms with Gasteiger partial charge in [-0.3, -0.25) is 14.5 Å². The lowest BCUT2D eigenvalue weighted by Gasteiger charge is -2.29. The molecule has 39 heavy (non-hydrogen) atoms. The Hall–Kier alpha value is -4.23.